The number of ether oxygens (including phenoxy) is 2. The van der Waals surface area contributed by atoms with Crippen molar-refractivity contribution in [3.63, 3.8) is 0 Å². The molecule has 7 nitrogen and oxygen atoms in total. The smallest absolute Gasteiger partial charge is 0.243 e. The summed E-state index contributed by atoms with van der Waals surface area (Å²) in [6.07, 6.45) is 2.42. The molecule has 0 spiro atoms. The first-order valence-electron chi connectivity index (χ1n) is 10.1. The van der Waals surface area contributed by atoms with Gasteiger partial charge in [-0.2, -0.15) is 4.31 Å². The maximum absolute atomic E-state index is 13.1. The van der Waals surface area contributed by atoms with Crippen molar-refractivity contribution in [2.24, 2.45) is 5.92 Å². The van der Waals surface area contributed by atoms with Crippen LogP contribution in [0.1, 0.15) is 25.7 Å². The molecule has 0 radical (unpaired) electrons. The van der Waals surface area contributed by atoms with Crippen LogP contribution >= 0.6 is 0 Å². The van der Waals surface area contributed by atoms with Gasteiger partial charge >= 0.3 is 0 Å². The molecule has 1 atom stereocenters. The van der Waals surface area contributed by atoms with Gasteiger partial charge in [-0.1, -0.05) is 0 Å². The summed E-state index contributed by atoms with van der Waals surface area (Å²) in [6, 6.07) is 9.98. The van der Waals surface area contributed by atoms with Gasteiger partial charge < -0.3 is 14.8 Å². The summed E-state index contributed by atoms with van der Waals surface area (Å²) in [4.78, 5) is 12.5. The largest absolute Gasteiger partial charge is 0.497 e. The van der Waals surface area contributed by atoms with Crippen LogP contribution in [-0.2, 0) is 14.8 Å². The first-order chi connectivity index (χ1) is 14.8. The number of nitrogens with one attached hydrogen (secondary N) is 1. The van der Waals surface area contributed by atoms with Crippen LogP contribution in [0.4, 0.5) is 10.1 Å². The Morgan fingerprint density at radius 3 is 2.39 bits per heavy atom. The van der Waals surface area contributed by atoms with Gasteiger partial charge in [-0.05, 0) is 49.4 Å². The predicted octanol–water partition coefficient (Wildman–Crippen LogP) is 3.66. The van der Waals surface area contributed by atoms with E-state index in [4.69, 9.17) is 9.47 Å². The van der Waals surface area contributed by atoms with E-state index >= 15 is 0 Å². The zero-order valence-corrected chi connectivity index (χ0v) is 18.5. The van der Waals surface area contributed by atoms with E-state index in [1.54, 1.807) is 18.2 Å². The first kappa shape index (κ1) is 23.0. The highest BCUT2D eigenvalue weighted by molar-refractivity contribution is 7.89. The van der Waals surface area contributed by atoms with Crippen LogP contribution in [0.25, 0.3) is 0 Å². The molecule has 2 aromatic rings. The van der Waals surface area contributed by atoms with E-state index in [0.717, 1.165) is 25.0 Å². The highest BCUT2D eigenvalue weighted by atomic mass is 32.2. The molecule has 3 rings (SSSR count). The molecular formula is C22H27FN2O5S. The van der Waals surface area contributed by atoms with Crippen molar-refractivity contribution in [2.75, 3.05) is 32.6 Å². The Hall–Kier alpha value is -2.65. The Balaban J connectivity index is 1.57. The van der Waals surface area contributed by atoms with Gasteiger partial charge in [0.05, 0.1) is 19.1 Å². The molecule has 2 aromatic carbocycles. The molecule has 168 valence electrons. The van der Waals surface area contributed by atoms with Crippen molar-refractivity contribution >= 4 is 21.6 Å². The molecule has 1 aliphatic rings. The third kappa shape index (κ3) is 5.95. The molecule has 0 aliphatic carbocycles. The molecule has 9 heteroatoms. The van der Waals surface area contributed by atoms with Crippen LogP contribution in [0.3, 0.4) is 0 Å². The normalized spacial score (nSPS) is 17.2. The van der Waals surface area contributed by atoms with Crippen LogP contribution in [0.5, 0.6) is 11.5 Å². The average Bonchev–Trinajstić information content (AvgIpc) is 2.78. The molecule has 31 heavy (non-hydrogen) atoms. The van der Waals surface area contributed by atoms with Crippen LogP contribution in [0, 0.1) is 11.7 Å². The number of hydrogen-bond acceptors (Lipinski definition) is 5. The van der Waals surface area contributed by atoms with Crippen LogP contribution in [0.15, 0.2) is 47.4 Å². The number of methoxy groups -OCH3 is 2. The maximum atomic E-state index is 13.1. The number of amides is 1. The quantitative estimate of drug-likeness (QED) is 0.664. The number of anilines is 1. The van der Waals surface area contributed by atoms with Crippen LogP contribution in [0.2, 0.25) is 0 Å². The summed E-state index contributed by atoms with van der Waals surface area (Å²) in [5.41, 5.74) is 0.574. The van der Waals surface area contributed by atoms with E-state index in [1.165, 1.54) is 30.7 Å². The number of rotatable bonds is 8. The SMILES string of the molecule is COc1cc(NC(=O)CCC2CCCN(S(=O)(=O)c3ccc(F)cc3)C2)cc(OC)c1. The molecule has 1 heterocycles. The minimum Gasteiger partial charge on any atom is -0.497 e. The molecule has 1 fully saturated rings. The second-order valence-corrected chi connectivity index (χ2v) is 9.45. The summed E-state index contributed by atoms with van der Waals surface area (Å²) in [6.45, 7) is 0.770. The number of sulfonamides is 1. The fraction of sp³-hybridized carbons (Fsp3) is 0.409. The number of piperidine rings is 1. The van der Waals surface area contributed by atoms with Gasteiger partial charge in [0.1, 0.15) is 17.3 Å². The van der Waals surface area contributed by atoms with Gasteiger partial charge in [-0.3, -0.25) is 4.79 Å². The van der Waals surface area contributed by atoms with E-state index in [-0.39, 0.29) is 23.1 Å². The van der Waals surface area contributed by atoms with Gasteiger partial charge in [-0.15, -0.1) is 0 Å². The van der Waals surface area contributed by atoms with Crippen LogP contribution in [-0.4, -0.2) is 45.9 Å². The number of halogens is 1. The maximum Gasteiger partial charge on any atom is 0.243 e. The number of carbonyl (C=O) groups excluding carboxylic acids is 1. The predicted molar refractivity (Wildman–Crippen MR) is 115 cm³/mol. The Kier molecular flexibility index (Phi) is 7.50. The molecule has 0 saturated carbocycles. The van der Waals surface area contributed by atoms with Crippen molar-refractivity contribution in [3.05, 3.63) is 48.3 Å². The Morgan fingerprint density at radius 2 is 1.77 bits per heavy atom. The minimum atomic E-state index is -3.68. The number of benzene rings is 2. The van der Waals surface area contributed by atoms with Crippen molar-refractivity contribution < 1.29 is 27.1 Å². The van der Waals surface area contributed by atoms with E-state index in [1.807, 2.05) is 0 Å². The van der Waals surface area contributed by atoms with Gasteiger partial charge in [-0.25, -0.2) is 12.8 Å². The second kappa shape index (κ2) is 10.1. The zero-order valence-electron chi connectivity index (χ0n) is 17.6. The monoisotopic (exact) mass is 450 g/mol. The van der Waals surface area contributed by atoms with Crippen molar-refractivity contribution in [3.8, 4) is 11.5 Å². The Labute approximate surface area is 182 Å². The third-order valence-electron chi connectivity index (χ3n) is 5.35. The lowest BCUT2D eigenvalue weighted by molar-refractivity contribution is -0.116. The van der Waals surface area contributed by atoms with E-state index < -0.39 is 15.8 Å². The van der Waals surface area contributed by atoms with Gasteiger partial charge in [0.25, 0.3) is 0 Å². The highest BCUT2D eigenvalue weighted by Crippen LogP contribution is 2.28. The van der Waals surface area contributed by atoms with E-state index in [2.05, 4.69) is 5.32 Å². The minimum absolute atomic E-state index is 0.0783. The molecule has 0 bridgehead atoms. The average molecular weight is 451 g/mol. The van der Waals surface area contributed by atoms with Gasteiger partial charge in [0.2, 0.25) is 15.9 Å². The standard InChI is InChI=1S/C22H27FN2O5S/c1-29-19-12-18(13-20(14-19)30-2)24-22(26)10-5-16-4-3-11-25(15-16)31(27,28)21-8-6-17(23)7-9-21/h6-9,12-14,16H,3-5,10-11,15H2,1-2H3,(H,24,26). The summed E-state index contributed by atoms with van der Waals surface area (Å²) < 4.78 is 50.7. The van der Waals surface area contributed by atoms with Crippen LogP contribution < -0.4 is 14.8 Å². The van der Waals surface area contributed by atoms with Crippen molar-refractivity contribution in [1.29, 1.82) is 0 Å². The van der Waals surface area contributed by atoms with E-state index in [0.29, 0.717) is 36.7 Å². The molecule has 1 unspecified atom stereocenters. The Morgan fingerprint density at radius 1 is 1.13 bits per heavy atom. The zero-order chi connectivity index (χ0) is 22.4. The Bertz CT molecular complexity index is 989. The van der Waals surface area contributed by atoms with Crippen molar-refractivity contribution in [2.45, 2.75) is 30.6 Å². The summed E-state index contributed by atoms with van der Waals surface area (Å²) in [5.74, 6) is 0.589. The fourth-order valence-electron chi connectivity index (χ4n) is 3.67. The summed E-state index contributed by atoms with van der Waals surface area (Å²) in [7, 11) is -0.602. The highest BCUT2D eigenvalue weighted by Gasteiger charge is 2.30. The third-order valence-corrected chi connectivity index (χ3v) is 7.23. The first-order valence-corrected chi connectivity index (χ1v) is 11.5. The molecule has 1 saturated heterocycles. The molecule has 1 aliphatic heterocycles. The number of hydrogen-bond donors (Lipinski definition) is 1. The van der Waals surface area contributed by atoms with Gasteiger partial charge in [0.15, 0.2) is 0 Å². The number of nitrogens with zero attached hydrogens (tertiary/aromatic N) is 1. The number of carbonyl (C=O) groups is 1. The summed E-state index contributed by atoms with van der Waals surface area (Å²) >= 11 is 0. The fourth-order valence-corrected chi connectivity index (χ4v) is 5.23. The molecule has 1 N–H and O–H groups in total. The van der Waals surface area contributed by atoms with E-state index in [9.17, 15) is 17.6 Å². The van der Waals surface area contributed by atoms with Gasteiger partial charge in [0, 0.05) is 43.4 Å². The second-order valence-electron chi connectivity index (χ2n) is 7.51. The lowest BCUT2D eigenvalue weighted by atomic mass is 9.94. The molecular weight excluding hydrogens is 423 g/mol. The summed E-state index contributed by atoms with van der Waals surface area (Å²) in [5, 5.41) is 2.84. The molecule has 1 amide bonds. The molecule has 0 aromatic heterocycles. The lowest BCUT2D eigenvalue weighted by Crippen LogP contribution is -2.40. The lowest BCUT2D eigenvalue weighted by Gasteiger charge is -2.32. The topological polar surface area (TPSA) is 84.9 Å². The van der Waals surface area contributed by atoms with Crippen molar-refractivity contribution in [1.82, 2.24) is 4.31 Å².